The number of carbonyl (C=O) groups excluding carboxylic acids is 1. The van der Waals surface area contributed by atoms with Gasteiger partial charge in [0.15, 0.2) is 0 Å². The lowest BCUT2D eigenvalue weighted by atomic mass is 10.2. The van der Waals surface area contributed by atoms with Gasteiger partial charge in [-0.15, -0.1) is 0 Å². The molecule has 0 unspecified atom stereocenters. The fraction of sp³-hybridized carbons (Fsp3) is 0.267. The maximum atomic E-state index is 12.4. The molecule has 0 saturated heterocycles. The van der Waals surface area contributed by atoms with Gasteiger partial charge < -0.3 is 5.32 Å². The van der Waals surface area contributed by atoms with Gasteiger partial charge in [-0.3, -0.25) is 9.69 Å². The number of nitrogens with zero attached hydrogens (tertiary/aromatic N) is 1. The van der Waals surface area contributed by atoms with Gasteiger partial charge in [0.2, 0.25) is 5.91 Å². The van der Waals surface area contributed by atoms with Crippen LogP contribution < -0.4 is 5.32 Å². The van der Waals surface area contributed by atoms with Crippen LogP contribution in [-0.2, 0) is 17.5 Å². The zero-order valence-corrected chi connectivity index (χ0v) is 12.7. The van der Waals surface area contributed by atoms with E-state index in [-0.39, 0.29) is 12.5 Å². The highest BCUT2D eigenvalue weighted by atomic mass is 32.1. The lowest BCUT2D eigenvalue weighted by Crippen LogP contribution is -2.29. The Balaban J connectivity index is 1.86. The summed E-state index contributed by atoms with van der Waals surface area (Å²) in [5.74, 6) is -0.266. The van der Waals surface area contributed by atoms with Crippen molar-refractivity contribution < 1.29 is 18.0 Å². The normalized spacial score (nSPS) is 11.7. The summed E-state index contributed by atoms with van der Waals surface area (Å²) >= 11 is 1.59. The third kappa shape index (κ3) is 4.85. The Kier molecular flexibility index (Phi) is 5.20. The summed E-state index contributed by atoms with van der Waals surface area (Å²) in [7, 11) is 1.81. The molecule has 0 spiro atoms. The number of nitrogens with one attached hydrogen (secondary N) is 1. The number of hydrogen-bond acceptors (Lipinski definition) is 3. The minimum Gasteiger partial charge on any atom is -0.325 e. The molecule has 22 heavy (non-hydrogen) atoms. The Bertz CT molecular complexity index is 609. The molecule has 7 heteroatoms. The van der Waals surface area contributed by atoms with Crippen LogP contribution in [0.25, 0.3) is 0 Å². The molecule has 0 aliphatic heterocycles. The first-order valence-corrected chi connectivity index (χ1v) is 7.45. The van der Waals surface area contributed by atoms with Crippen molar-refractivity contribution in [3.8, 4) is 0 Å². The zero-order chi connectivity index (χ0) is 16.2. The van der Waals surface area contributed by atoms with Crippen molar-refractivity contribution in [3.05, 3.63) is 52.2 Å². The van der Waals surface area contributed by atoms with E-state index < -0.39 is 11.7 Å². The minimum atomic E-state index is -4.37. The quantitative estimate of drug-likeness (QED) is 0.904. The van der Waals surface area contributed by atoms with Gasteiger partial charge in [-0.25, -0.2) is 0 Å². The number of carbonyl (C=O) groups is 1. The molecule has 1 aromatic carbocycles. The van der Waals surface area contributed by atoms with Crippen molar-refractivity contribution in [2.75, 3.05) is 18.9 Å². The highest BCUT2D eigenvalue weighted by molar-refractivity contribution is 7.07. The summed E-state index contributed by atoms with van der Waals surface area (Å²) in [5.41, 5.74) is 0.733. The van der Waals surface area contributed by atoms with E-state index >= 15 is 0 Å². The second-order valence-corrected chi connectivity index (χ2v) is 5.71. The monoisotopic (exact) mass is 328 g/mol. The summed E-state index contributed by atoms with van der Waals surface area (Å²) in [6.45, 7) is 0.806. The molecule has 2 aromatic rings. The van der Waals surface area contributed by atoms with Gasteiger partial charge >= 0.3 is 6.18 Å². The number of halogens is 3. The van der Waals surface area contributed by atoms with E-state index in [4.69, 9.17) is 0 Å². The van der Waals surface area contributed by atoms with Crippen molar-refractivity contribution in [3.63, 3.8) is 0 Å². The van der Waals surface area contributed by atoms with E-state index in [0.717, 1.165) is 17.7 Å². The molecular weight excluding hydrogens is 313 g/mol. The Morgan fingerprint density at radius 1 is 1.23 bits per heavy atom. The molecule has 0 fully saturated rings. The standard InChI is InChI=1S/C15H15F3N2OS/c1-20(8-11-6-7-22-10-11)9-14(21)19-13-4-2-12(3-5-13)15(16,17)18/h2-7,10H,8-9H2,1H3,(H,19,21). The molecule has 0 aliphatic rings. The van der Waals surface area contributed by atoms with Gasteiger partial charge in [0.05, 0.1) is 12.1 Å². The lowest BCUT2D eigenvalue weighted by Gasteiger charge is -2.15. The molecule has 0 aliphatic carbocycles. The highest BCUT2D eigenvalue weighted by Crippen LogP contribution is 2.29. The lowest BCUT2D eigenvalue weighted by molar-refractivity contribution is -0.137. The molecule has 2 rings (SSSR count). The maximum Gasteiger partial charge on any atom is 0.416 e. The number of likely N-dealkylation sites (N-methyl/N-ethyl adjacent to an activating group) is 1. The third-order valence-electron chi connectivity index (χ3n) is 2.94. The molecule has 3 nitrogen and oxygen atoms in total. The Morgan fingerprint density at radius 3 is 2.45 bits per heavy atom. The molecule has 1 aromatic heterocycles. The second-order valence-electron chi connectivity index (χ2n) is 4.93. The summed E-state index contributed by atoms with van der Waals surface area (Å²) in [5, 5.41) is 6.55. The van der Waals surface area contributed by atoms with Gasteiger partial charge in [-0.05, 0) is 53.7 Å². The number of rotatable bonds is 5. The van der Waals surface area contributed by atoms with Crippen LogP contribution in [0.2, 0.25) is 0 Å². The summed E-state index contributed by atoms with van der Waals surface area (Å²) in [4.78, 5) is 13.7. The first kappa shape index (κ1) is 16.5. The second kappa shape index (κ2) is 6.93. The van der Waals surface area contributed by atoms with Gasteiger partial charge in [0, 0.05) is 12.2 Å². The van der Waals surface area contributed by atoms with E-state index in [1.54, 1.807) is 11.3 Å². The molecule has 0 atom stereocenters. The summed E-state index contributed by atoms with van der Waals surface area (Å²) in [6.07, 6.45) is -4.37. The SMILES string of the molecule is CN(CC(=O)Nc1ccc(C(F)(F)F)cc1)Cc1ccsc1. The van der Waals surface area contributed by atoms with Gasteiger partial charge in [0.1, 0.15) is 0 Å². The van der Waals surface area contributed by atoms with Crippen LogP contribution in [-0.4, -0.2) is 24.4 Å². The van der Waals surface area contributed by atoms with Crippen molar-refractivity contribution in [1.82, 2.24) is 4.90 Å². The average molecular weight is 328 g/mol. The van der Waals surface area contributed by atoms with E-state index in [1.165, 1.54) is 12.1 Å². The van der Waals surface area contributed by atoms with Crippen molar-refractivity contribution in [1.29, 1.82) is 0 Å². The van der Waals surface area contributed by atoms with E-state index in [2.05, 4.69) is 5.32 Å². The van der Waals surface area contributed by atoms with Gasteiger partial charge in [-0.1, -0.05) is 0 Å². The minimum absolute atomic E-state index is 0.164. The summed E-state index contributed by atoms with van der Waals surface area (Å²) < 4.78 is 37.3. The number of amides is 1. The Hall–Kier alpha value is -1.86. The molecule has 0 bridgehead atoms. The number of anilines is 1. The molecule has 1 heterocycles. The van der Waals surface area contributed by atoms with Crippen LogP contribution in [0.15, 0.2) is 41.1 Å². The largest absolute Gasteiger partial charge is 0.416 e. The van der Waals surface area contributed by atoms with Gasteiger partial charge in [-0.2, -0.15) is 24.5 Å². The first-order chi connectivity index (χ1) is 10.3. The fourth-order valence-corrected chi connectivity index (χ4v) is 2.60. The molecule has 118 valence electrons. The van der Waals surface area contributed by atoms with Gasteiger partial charge in [0.25, 0.3) is 0 Å². The zero-order valence-electron chi connectivity index (χ0n) is 11.9. The molecule has 1 amide bonds. The predicted octanol–water partition coefficient (Wildman–Crippen LogP) is 3.84. The van der Waals surface area contributed by atoms with Crippen LogP contribution in [0, 0.1) is 0 Å². The number of benzene rings is 1. The highest BCUT2D eigenvalue weighted by Gasteiger charge is 2.29. The number of thiophene rings is 1. The molecule has 0 radical (unpaired) electrons. The molecule has 0 saturated carbocycles. The topological polar surface area (TPSA) is 32.3 Å². The Labute approximate surface area is 130 Å². The third-order valence-corrected chi connectivity index (χ3v) is 3.67. The number of hydrogen-bond donors (Lipinski definition) is 1. The molecular formula is C15H15F3N2OS. The first-order valence-electron chi connectivity index (χ1n) is 6.51. The van der Waals surface area contributed by atoms with Crippen LogP contribution in [0.3, 0.4) is 0 Å². The van der Waals surface area contributed by atoms with E-state index in [9.17, 15) is 18.0 Å². The predicted molar refractivity (Wildman–Crippen MR) is 80.7 cm³/mol. The molecule has 1 N–H and O–H groups in total. The van der Waals surface area contributed by atoms with Crippen molar-refractivity contribution in [2.24, 2.45) is 0 Å². The van der Waals surface area contributed by atoms with E-state index in [0.29, 0.717) is 12.2 Å². The summed E-state index contributed by atoms with van der Waals surface area (Å²) in [6, 6.07) is 6.38. The van der Waals surface area contributed by atoms with Crippen molar-refractivity contribution >= 4 is 22.9 Å². The fourth-order valence-electron chi connectivity index (χ4n) is 1.94. The Morgan fingerprint density at radius 2 is 1.91 bits per heavy atom. The maximum absolute atomic E-state index is 12.4. The van der Waals surface area contributed by atoms with Crippen molar-refractivity contribution in [2.45, 2.75) is 12.7 Å². The van der Waals surface area contributed by atoms with Crippen LogP contribution in [0.1, 0.15) is 11.1 Å². The van der Waals surface area contributed by atoms with Crippen LogP contribution >= 0.6 is 11.3 Å². The average Bonchev–Trinajstić information content (AvgIpc) is 2.90. The van der Waals surface area contributed by atoms with E-state index in [1.807, 2.05) is 28.8 Å². The number of alkyl halides is 3. The van der Waals surface area contributed by atoms with Crippen LogP contribution in [0.4, 0.5) is 18.9 Å². The smallest absolute Gasteiger partial charge is 0.325 e. The van der Waals surface area contributed by atoms with Crippen LogP contribution in [0.5, 0.6) is 0 Å².